The molecule has 0 saturated carbocycles. The Labute approximate surface area is 98.8 Å². The Hall–Kier alpha value is -2.24. The van der Waals surface area contributed by atoms with Crippen LogP contribution in [-0.2, 0) is 4.74 Å². The highest BCUT2D eigenvalue weighted by molar-refractivity contribution is 5.90. The second kappa shape index (κ2) is 5.74. The number of anilines is 1. The molecule has 0 bridgehead atoms. The van der Waals surface area contributed by atoms with Crippen LogP contribution in [0.2, 0.25) is 0 Å². The molecule has 1 rings (SSSR count). The van der Waals surface area contributed by atoms with Gasteiger partial charge >= 0.3 is 12.2 Å². The first-order valence-electron chi connectivity index (χ1n) is 5.06. The van der Waals surface area contributed by atoms with Crippen molar-refractivity contribution in [2.45, 2.75) is 20.0 Å². The molecule has 0 atom stereocenters. The molecule has 0 aliphatic carbocycles. The summed E-state index contributed by atoms with van der Waals surface area (Å²) in [6.07, 6.45) is -2.44. The van der Waals surface area contributed by atoms with Crippen LogP contribution in [0.1, 0.15) is 13.8 Å². The van der Waals surface area contributed by atoms with Crippen LogP contribution in [0.25, 0.3) is 0 Å². The average molecular weight is 238 g/mol. The van der Waals surface area contributed by atoms with Crippen LogP contribution in [0.4, 0.5) is 15.3 Å². The van der Waals surface area contributed by atoms with E-state index in [1.54, 1.807) is 44.2 Å². The molecule has 0 saturated heterocycles. The molecule has 2 N–H and O–H groups in total. The zero-order valence-corrected chi connectivity index (χ0v) is 9.58. The summed E-state index contributed by atoms with van der Waals surface area (Å²) in [5.41, 5.74) is 2.37. The van der Waals surface area contributed by atoms with E-state index in [0.29, 0.717) is 5.69 Å². The van der Waals surface area contributed by atoms with Crippen LogP contribution in [0.5, 0.6) is 0 Å². The molecule has 0 radical (unpaired) electrons. The van der Waals surface area contributed by atoms with Gasteiger partial charge in [-0.05, 0) is 26.0 Å². The Balaban J connectivity index is 2.88. The lowest BCUT2D eigenvalue weighted by Crippen LogP contribution is -2.46. The Bertz CT molecular complexity index is 392. The van der Waals surface area contributed by atoms with Crippen molar-refractivity contribution in [2.24, 2.45) is 0 Å². The van der Waals surface area contributed by atoms with Gasteiger partial charge in [0.1, 0.15) is 0 Å². The lowest BCUT2D eigenvalue weighted by molar-refractivity contribution is 0.118. The standard InChI is InChI=1S/C11H14N2O4/c1-8(2)17-11(16)13(12-10(14)15)9-6-4-3-5-7-9/h3-8,12H,1-2H3,(H,14,15). The summed E-state index contributed by atoms with van der Waals surface area (Å²) in [6, 6.07) is 8.33. The van der Waals surface area contributed by atoms with E-state index in [9.17, 15) is 9.59 Å². The highest BCUT2D eigenvalue weighted by atomic mass is 16.6. The van der Waals surface area contributed by atoms with Crippen molar-refractivity contribution in [2.75, 3.05) is 5.01 Å². The van der Waals surface area contributed by atoms with Crippen LogP contribution in [0.3, 0.4) is 0 Å². The van der Waals surface area contributed by atoms with Crippen LogP contribution >= 0.6 is 0 Å². The van der Waals surface area contributed by atoms with Gasteiger partial charge in [-0.15, -0.1) is 0 Å². The average Bonchev–Trinajstić information content (AvgIpc) is 2.25. The smallest absolute Gasteiger partial charge is 0.433 e. The number of hydrogen-bond acceptors (Lipinski definition) is 3. The fraction of sp³-hybridized carbons (Fsp3) is 0.273. The van der Waals surface area contributed by atoms with Crippen molar-refractivity contribution in [1.29, 1.82) is 0 Å². The molecule has 6 nitrogen and oxygen atoms in total. The summed E-state index contributed by atoms with van der Waals surface area (Å²) in [7, 11) is 0. The SMILES string of the molecule is CC(C)OC(=O)N(NC(=O)O)c1ccccc1. The molecular formula is C11H14N2O4. The molecule has 0 aliphatic heterocycles. The van der Waals surface area contributed by atoms with Gasteiger partial charge in [-0.2, -0.15) is 5.01 Å². The highest BCUT2D eigenvalue weighted by Crippen LogP contribution is 2.12. The molecule has 0 fully saturated rings. The van der Waals surface area contributed by atoms with Gasteiger partial charge in [0.05, 0.1) is 11.8 Å². The first kappa shape index (κ1) is 12.8. The van der Waals surface area contributed by atoms with E-state index in [1.165, 1.54) is 0 Å². The minimum absolute atomic E-state index is 0.329. The van der Waals surface area contributed by atoms with Crippen LogP contribution < -0.4 is 10.4 Å². The van der Waals surface area contributed by atoms with E-state index in [1.807, 2.05) is 5.43 Å². The predicted octanol–water partition coefficient (Wildman–Crippen LogP) is 2.22. The van der Waals surface area contributed by atoms with Gasteiger partial charge < -0.3 is 9.84 Å². The number of hydrazine groups is 1. The van der Waals surface area contributed by atoms with Gasteiger partial charge in [0.25, 0.3) is 0 Å². The third kappa shape index (κ3) is 4.02. The zero-order valence-electron chi connectivity index (χ0n) is 9.58. The van der Waals surface area contributed by atoms with Crippen LogP contribution in [-0.4, -0.2) is 23.4 Å². The lowest BCUT2D eigenvalue weighted by atomic mass is 10.3. The molecule has 1 aromatic rings. The van der Waals surface area contributed by atoms with Crippen molar-refractivity contribution < 1.29 is 19.4 Å². The summed E-state index contributed by atoms with van der Waals surface area (Å²) in [6.45, 7) is 3.36. The maximum atomic E-state index is 11.7. The maximum Gasteiger partial charge on any atom is 0.433 e. The topological polar surface area (TPSA) is 78.9 Å². The van der Waals surface area contributed by atoms with Crippen LogP contribution in [0.15, 0.2) is 30.3 Å². The van der Waals surface area contributed by atoms with E-state index >= 15 is 0 Å². The molecule has 17 heavy (non-hydrogen) atoms. The van der Waals surface area contributed by atoms with E-state index in [0.717, 1.165) is 5.01 Å². The normalized spacial score (nSPS) is 9.82. The third-order valence-electron chi connectivity index (χ3n) is 1.74. The molecule has 0 unspecified atom stereocenters. The number of nitrogens with zero attached hydrogens (tertiary/aromatic N) is 1. The first-order valence-corrected chi connectivity index (χ1v) is 5.06. The second-order valence-electron chi connectivity index (χ2n) is 3.52. The molecule has 2 amide bonds. The number of carboxylic acid groups (broad SMARTS) is 1. The number of benzene rings is 1. The second-order valence-corrected chi connectivity index (χ2v) is 3.52. The minimum atomic E-state index is -1.34. The molecule has 0 aromatic heterocycles. The van der Waals surface area contributed by atoms with Crippen molar-refractivity contribution in [1.82, 2.24) is 5.43 Å². The van der Waals surface area contributed by atoms with Gasteiger partial charge in [0.2, 0.25) is 0 Å². The zero-order chi connectivity index (χ0) is 12.8. The Morgan fingerprint density at radius 1 is 1.29 bits per heavy atom. The molecule has 0 aliphatic rings. The Kier molecular flexibility index (Phi) is 4.33. The number of hydrogen-bond donors (Lipinski definition) is 2. The van der Waals surface area contributed by atoms with Gasteiger partial charge in [-0.1, -0.05) is 18.2 Å². The molecule has 0 heterocycles. The summed E-state index contributed by atoms with van der Waals surface area (Å²) in [5.74, 6) is 0. The fourth-order valence-electron chi connectivity index (χ4n) is 1.14. The van der Waals surface area contributed by atoms with E-state index < -0.39 is 12.2 Å². The number of nitrogens with one attached hydrogen (secondary N) is 1. The van der Waals surface area contributed by atoms with Crippen molar-refractivity contribution in [3.8, 4) is 0 Å². The quantitative estimate of drug-likeness (QED) is 0.774. The van der Waals surface area contributed by atoms with Crippen LogP contribution in [0, 0.1) is 0 Å². The van der Waals surface area contributed by atoms with Crippen molar-refractivity contribution in [3.05, 3.63) is 30.3 Å². The lowest BCUT2D eigenvalue weighted by Gasteiger charge is -2.22. The van der Waals surface area contributed by atoms with E-state index in [-0.39, 0.29) is 6.10 Å². The Morgan fingerprint density at radius 2 is 1.88 bits per heavy atom. The van der Waals surface area contributed by atoms with Gasteiger partial charge in [0, 0.05) is 0 Å². The number of amides is 2. The van der Waals surface area contributed by atoms with Gasteiger partial charge in [-0.25, -0.2) is 15.0 Å². The predicted molar refractivity (Wildman–Crippen MR) is 61.7 cm³/mol. The molecule has 0 spiro atoms. The summed E-state index contributed by atoms with van der Waals surface area (Å²) >= 11 is 0. The Morgan fingerprint density at radius 3 is 2.35 bits per heavy atom. The minimum Gasteiger partial charge on any atom is -0.464 e. The molecule has 1 aromatic carbocycles. The summed E-state index contributed by atoms with van der Waals surface area (Å²) < 4.78 is 4.93. The summed E-state index contributed by atoms with van der Waals surface area (Å²) in [4.78, 5) is 22.3. The van der Waals surface area contributed by atoms with Gasteiger partial charge in [0.15, 0.2) is 0 Å². The number of ether oxygens (including phenoxy) is 1. The van der Waals surface area contributed by atoms with E-state index in [2.05, 4.69) is 0 Å². The van der Waals surface area contributed by atoms with Crippen molar-refractivity contribution >= 4 is 17.9 Å². The number of para-hydroxylation sites is 1. The first-order chi connectivity index (χ1) is 8.00. The highest BCUT2D eigenvalue weighted by Gasteiger charge is 2.20. The summed E-state index contributed by atoms with van der Waals surface area (Å²) in [5, 5.41) is 9.50. The largest absolute Gasteiger partial charge is 0.464 e. The van der Waals surface area contributed by atoms with E-state index in [4.69, 9.17) is 9.84 Å². The van der Waals surface area contributed by atoms with Gasteiger partial charge in [-0.3, -0.25) is 0 Å². The number of carbonyl (C=O) groups excluding carboxylic acids is 1. The maximum absolute atomic E-state index is 11.7. The fourth-order valence-corrected chi connectivity index (χ4v) is 1.14. The monoisotopic (exact) mass is 238 g/mol. The number of rotatable bonds is 2. The third-order valence-corrected chi connectivity index (χ3v) is 1.74. The molecule has 6 heteroatoms. The number of carbonyl (C=O) groups is 2. The molecular weight excluding hydrogens is 224 g/mol. The van der Waals surface area contributed by atoms with Crippen molar-refractivity contribution in [3.63, 3.8) is 0 Å². The molecule has 92 valence electrons.